The number of hydrogen-bond donors (Lipinski definition) is 2. The van der Waals surface area contributed by atoms with Crippen molar-refractivity contribution < 1.29 is 9.53 Å². The van der Waals surface area contributed by atoms with Gasteiger partial charge in [-0.15, -0.1) is 11.3 Å². The van der Waals surface area contributed by atoms with Gasteiger partial charge in [0, 0.05) is 24.8 Å². The quantitative estimate of drug-likeness (QED) is 0.865. The molecule has 2 aromatic rings. The monoisotopic (exact) mass is 347 g/mol. The predicted molar refractivity (Wildman–Crippen MR) is 93.0 cm³/mol. The van der Waals surface area contributed by atoms with Gasteiger partial charge in [0.15, 0.2) is 0 Å². The highest BCUT2D eigenvalue weighted by Crippen LogP contribution is 2.23. The molecule has 0 unspecified atom stereocenters. The Morgan fingerprint density at radius 1 is 1.46 bits per heavy atom. The minimum Gasteiger partial charge on any atom is -0.375 e. The Balaban J connectivity index is 1.53. The maximum Gasteiger partial charge on any atom is 0.319 e. The van der Waals surface area contributed by atoms with Crippen molar-refractivity contribution >= 4 is 23.1 Å². The molecule has 8 heteroatoms. The van der Waals surface area contributed by atoms with E-state index in [2.05, 4.69) is 20.6 Å². The molecule has 1 aliphatic rings. The molecule has 0 atom stereocenters. The van der Waals surface area contributed by atoms with Crippen LogP contribution in [0, 0.1) is 0 Å². The van der Waals surface area contributed by atoms with Gasteiger partial charge in [0.2, 0.25) is 0 Å². The SMILES string of the molecule is CN(C)Cc1cc(NC(=O)NCc2nc3c(s2)COCC3)ccn1. The summed E-state index contributed by atoms with van der Waals surface area (Å²) in [5.41, 5.74) is 2.74. The maximum absolute atomic E-state index is 12.1. The number of urea groups is 1. The highest BCUT2D eigenvalue weighted by molar-refractivity contribution is 7.11. The van der Waals surface area contributed by atoms with Crippen LogP contribution in [0.1, 0.15) is 21.3 Å². The molecule has 0 aliphatic carbocycles. The van der Waals surface area contributed by atoms with E-state index in [0.717, 1.165) is 41.7 Å². The zero-order chi connectivity index (χ0) is 16.9. The molecule has 0 saturated heterocycles. The van der Waals surface area contributed by atoms with Crippen LogP contribution >= 0.6 is 11.3 Å². The van der Waals surface area contributed by atoms with Crippen molar-refractivity contribution in [2.75, 3.05) is 26.0 Å². The number of aromatic nitrogens is 2. The molecule has 0 bridgehead atoms. The van der Waals surface area contributed by atoms with Crippen LogP contribution in [-0.4, -0.2) is 41.6 Å². The fourth-order valence-corrected chi connectivity index (χ4v) is 3.44. The number of nitrogens with zero attached hydrogens (tertiary/aromatic N) is 3. The number of rotatable bonds is 5. The van der Waals surface area contributed by atoms with Gasteiger partial charge >= 0.3 is 6.03 Å². The van der Waals surface area contributed by atoms with Gasteiger partial charge in [-0.1, -0.05) is 0 Å². The predicted octanol–water partition coefficient (Wildman–Crippen LogP) is 1.99. The second kappa shape index (κ2) is 7.69. The van der Waals surface area contributed by atoms with Gasteiger partial charge in [0.05, 0.1) is 36.0 Å². The largest absolute Gasteiger partial charge is 0.375 e. The van der Waals surface area contributed by atoms with E-state index >= 15 is 0 Å². The first kappa shape index (κ1) is 16.8. The summed E-state index contributed by atoms with van der Waals surface area (Å²) in [4.78, 5) is 24.1. The van der Waals surface area contributed by atoms with E-state index in [1.54, 1.807) is 23.6 Å². The van der Waals surface area contributed by atoms with Gasteiger partial charge in [-0.25, -0.2) is 9.78 Å². The summed E-state index contributed by atoms with van der Waals surface area (Å²) in [6, 6.07) is 3.40. The summed E-state index contributed by atoms with van der Waals surface area (Å²) in [6.45, 7) is 2.50. The third-order valence-corrected chi connectivity index (χ3v) is 4.56. The Labute approximate surface area is 145 Å². The lowest BCUT2D eigenvalue weighted by atomic mass is 10.2. The van der Waals surface area contributed by atoms with Crippen LogP contribution in [0.2, 0.25) is 0 Å². The number of pyridine rings is 1. The minimum atomic E-state index is -0.249. The van der Waals surface area contributed by atoms with Gasteiger partial charge in [0.25, 0.3) is 0 Å². The summed E-state index contributed by atoms with van der Waals surface area (Å²) in [6.07, 6.45) is 2.55. The van der Waals surface area contributed by atoms with E-state index in [-0.39, 0.29) is 6.03 Å². The Kier molecular flexibility index (Phi) is 5.39. The maximum atomic E-state index is 12.1. The number of fused-ring (bicyclic) bond motifs is 1. The smallest absolute Gasteiger partial charge is 0.319 e. The zero-order valence-electron chi connectivity index (χ0n) is 13.8. The molecule has 2 amide bonds. The lowest BCUT2D eigenvalue weighted by Crippen LogP contribution is -2.28. The topological polar surface area (TPSA) is 79.4 Å². The van der Waals surface area contributed by atoms with Crippen molar-refractivity contribution in [2.24, 2.45) is 0 Å². The molecule has 2 N–H and O–H groups in total. The number of hydrogen-bond acceptors (Lipinski definition) is 6. The molecule has 3 rings (SSSR count). The number of anilines is 1. The van der Waals surface area contributed by atoms with Crippen LogP contribution in [0.5, 0.6) is 0 Å². The fraction of sp³-hybridized carbons (Fsp3) is 0.438. The molecule has 7 nitrogen and oxygen atoms in total. The summed E-state index contributed by atoms with van der Waals surface area (Å²) in [7, 11) is 3.96. The first-order valence-corrected chi connectivity index (χ1v) is 8.61. The third kappa shape index (κ3) is 4.50. The highest BCUT2D eigenvalue weighted by Gasteiger charge is 2.15. The molecule has 0 aromatic carbocycles. The zero-order valence-corrected chi connectivity index (χ0v) is 14.7. The number of carbonyl (C=O) groups is 1. The van der Waals surface area contributed by atoms with Crippen molar-refractivity contribution in [1.82, 2.24) is 20.2 Å². The lowest BCUT2D eigenvalue weighted by Gasteiger charge is -2.11. The van der Waals surface area contributed by atoms with Gasteiger partial charge in [-0.05, 0) is 26.2 Å². The summed E-state index contributed by atoms with van der Waals surface area (Å²) < 4.78 is 5.41. The van der Waals surface area contributed by atoms with Gasteiger partial charge < -0.3 is 20.3 Å². The van der Waals surface area contributed by atoms with Crippen LogP contribution in [0.15, 0.2) is 18.3 Å². The van der Waals surface area contributed by atoms with Gasteiger partial charge in [-0.2, -0.15) is 0 Å². The summed E-state index contributed by atoms with van der Waals surface area (Å²) >= 11 is 1.60. The third-order valence-electron chi connectivity index (χ3n) is 3.49. The van der Waals surface area contributed by atoms with Gasteiger partial charge in [-0.3, -0.25) is 4.98 Å². The lowest BCUT2D eigenvalue weighted by molar-refractivity contribution is 0.112. The first-order valence-electron chi connectivity index (χ1n) is 7.80. The van der Waals surface area contributed by atoms with E-state index in [0.29, 0.717) is 13.2 Å². The first-order chi connectivity index (χ1) is 11.6. The normalized spacial score (nSPS) is 13.6. The molecule has 24 heavy (non-hydrogen) atoms. The average molecular weight is 347 g/mol. The fourth-order valence-electron chi connectivity index (χ4n) is 2.45. The van der Waals surface area contributed by atoms with Crippen LogP contribution in [0.4, 0.5) is 10.5 Å². The Morgan fingerprint density at radius 3 is 3.12 bits per heavy atom. The van der Waals surface area contributed by atoms with Gasteiger partial charge in [0.1, 0.15) is 5.01 Å². The minimum absolute atomic E-state index is 0.249. The molecule has 2 aromatic heterocycles. The van der Waals surface area contributed by atoms with Crippen molar-refractivity contribution in [3.63, 3.8) is 0 Å². The van der Waals surface area contributed by atoms with Crippen LogP contribution in [0.3, 0.4) is 0 Å². The van der Waals surface area contributed by atoms with Crippen molar-refractivity contribution in [3.8, 4) is 0 Å². The Hall–Kier alpha value is -2.03. The van der Waals surface area contributed by atoms with Crippen LogP contribution < -0.4 is 10.6 Å². The van der Waals surface area contributed by atoms with Crippen molar-refractivity contribution in [2.45, 2.75) is 26.1 Å². The molecule has 0 saturated carbocycles. The second-order valence-electron chi connectivity index (χ2n) is 5.86. The van der Waals surface area contributed by atoms with Crippen LogP contribution in [0.25, 0.3) is 0 Å². The average Bonchev–Trinajstić information content (AvgIpc) is 2.95. The number of amides is 2. The van der Waals surface area contributed by atoms with E-state index in [9.17, 15) is 4.79 Å². The van der Waals surface area contributed by atoms with Crippen molar-refractivity contribution in [1.29, 1.82) is 0 Å². The highest BCUT2D eigenvalue weighted by atomic mass is 32.1. The van der Waals surface area contributed by atoms with Crippen molar-refractivity contribution in [3.05, 3.63) is 39.6 Å². The second-order valence-corrected chi connectivity index (χ2v) is 7.03. The molecule has 128 valence electrons. The molecular weight excluding hydrogens is 326 g/mol. The summed E-state index contributed by atoms with van der Waals surface area (Å²) in [5, 5.41) is 6.58. The van der Waals surface area contributed by atoms with E-state index < -0.39 is 0 Å². The van der Waals surface area contributed by atoms with Crippen LogP contribution in [-0.2, 0) is 30.9 Å². The molecule has 0 radical (unpaired) electrons. The van der Waals surface area contributed by atoms with E-state index in [4.69, 9.17) is 4.74 Å². The Bertz CT molecular complexity index is 693. The molecule has 3 heterocycles. The molecule has 0 spiro atoms. The van der Waals surface area contributed by atoms with E-state index in [1.807, 2.05) is 25.1 Å². The number of carbonyl (C=O) groups excluding carboxylic acids is 1. The number of thiazole rings is 1. The van der Waals surface area contributed by atoms with E-state index in [1.165, 1.54) is 4.88 Å². The molecule has 1 aliphatic heterocycles. The molecular formula is C16H21N5O2S. The summed E-state index contributed by atoms with van der Waals surface area (Å²) in [5.74, 6) is 0. The number of ether oxygens (including phenoxy) is 1. The molecule has 0 fully saturated rings. The standard InChI is InChI=1S/C16H21N5O2S/c1-21(2)9-12-7-11(3-5-17-12)19-16(22)18-8-15-20-13-4-6-23-10-14(13)24-15/h3,5,7H,4,6,8-10H2,1-2H3,(H2,17,18,19,22). The number of nitrogens with one attached hydrogen (secondary N) is 2. The Morgan fingerprint density at radius 2 is 2.33 bits per heavy atom.